The Bertz CT molecular complexity index is 1560. The van der Waals surface area contributed by atoms with Crippen molar-refractivity contribution in [2.24, 2.45) is 0 Å². The molecule has 0 aliphatic carbocycles. The minimum absolute atomic E-state index is 0.119. The predicted octanol–water partition coefficient (Wildman–Crippen LogP) is 8.14. The van der Waals surface area contributed by atoms with E-state index in [1.807, 2.05) is 0 Å². The van der Waals surface area contributed by atoms with E-state index >= 15 is 0 Å². The average molecular weight is 542 g/mol. The van der Waals surface area contributed by atoms with Crippen molar-refractivity contribution in [3.8, 4) is 34.5 Å². The molecule has 0 heterocycles. The highest BCUT2D eigenvalue weighted by Gasteiger charge is 2.38. The van der Waals surface area contributed by atoms with E-state index in [9.17, 15) is 30.7 Å². The Morgan fingerprint density at radius 1 is 0.692 bits per heavy atom. The molecule has 0 aliphatic rings. The molecule has 0 spiro atoms. The van der Waals surface area contributed by atoms with Gasteiger partial charge in [0.15, 0.2) is 17.5 Å². The summed E-state index contributed by atoms with van der Waals surface area (Å²) in [6, 6.07) is 12.9. The molecule has 2 nitrogen and oxygen atoms in total. The molecular weight excluding hydrogens is 525 g/mol. The van der Waals surface area contributed by atoms with Crippen molar-refractivity contribution in [1.82, 2.24) is 0 Å². The monoisotopic (exact) mass is 542 g/mol. The zero-order chi connectivity index (χ0) is 28.2. The summed E-state index contributed by atoms with van der Waals surface area (Å²) in [4.78, 5) is 0. The highest BCUT2D eigenvalue weighted by atomic mass is 19.3. The summed E-state index contributed by atoms with van der Waals surface area (Å²) in [7, 11) is 0. The lowest BCUT2D eigenvalue weighted by atomic mass is 10.0. The summed E-state index contributed by atoms with van der Waals surface area (Å²) in [6.45, 7) is 3.89. The van der Waals surface area contributed by atoms with Crippen LogP contribution in [-0.4, -0.2) is 6.61 Å². The first-order chi connectivity index (χ1) is 18.6. The number of benzene rings is 4. The highest BCUT2D eigenvalue weighted by molar-refractivity contribution is 5.65. The molecule has 0 radical (unpaired) electrons. The maximum absolute atomic E-state index is 14.7. The van der Waals surface area contributed by atoms with Crippen molar-refractivity contribution in [3.05, 3.63) is 131 Å². The van der Waals surface area contributed by atoms with Crippen molar-refractivity contribution in [2.75, 3.05) is 6.61 Å². The van der Waals surface area contributed by atoms with Gasteiger partial charge in [-0.25, -0.2) is 22.0 Å². The minimum atomic E-state index is -4.21. The Balaban J connectivity index is 1.50. The van der Waals surface area contributed by atoms with Crippen LogP contribution in [0.4, 0.5) is 30.7 Å². The lowest BCUT2D eigenvalue weighted by molar-refractivity contribution is -0.187. The molecule has 39 heavy (non-hydrogen) atoms. The van der Waals surface area contributed by atoms with Crippen LogP contribution in [0.5, 0.6) is 11.5 Å². The molecule has 0 saturated heterocycles. The molecule has 0 atom stereocenters. The SMILES string of the molecule is C=CCOc1ccc(C#Cc2ccc(C(F)(F)Oc3ccc(-c4cc(F)c(F)c(F)c4)c(F)c3)c(F)c2)cc1. The Morgan fingerprint density at radius 3 is 1.92 bits per heavy atom. The van der Waals surface area contributed by atoms with E-state index in [-0.39, 0.29) is 11.1 Å². The van der Waals surface area contributed by atoms with Gasteiger partial charge in [0, 0.05) is 22.8 Å². The van der Waals surface area contributed by atoms with Crippen molar-refractivity contribution >= 4 is 0 Å². The van der Waals surface area contributed by atoms with Gasteiger partial charge in [0.05, 0.1) is 0 Å². The van der Waals surface area contributed by atoms with Crippen LogP contribution >= 0.6 is 0 Å². The van der Waals surface area contributed by atoms with E-state index in [0.29, 0.717) is 36.1 Å². The quantitative estimate of drug-likeness (QED) is 0.102. The average Bonchev–Trinajstić information content (AvgIpc) is 2.89. The predicted molar refractivity (Wildman–Crippen MR) is 131 cm³/mol. The third-order valence-corrected chi connectivity index (χ3v) is 5.34. The molecule has 0 N–H and O–H groups in total. The van der Waals surface area contributed by atoms with Gasteiger partial charge < -0.3 is 9.47 Å². The molecule has 9 heteroatoms. The molecule has 0 amide bonds. The Kier molecular flexibility index (Phi) is 7.96. The maximum Gasteiger partial charge on any atom is 0.429 e. The summed E-state index contributed by atoms with van der Waals surface area (Å²) >= 11 is 0. The van der Waals surface area contributed by atoms with Crippen LogP contribution in [0.3, 0.4) is 0 Å². The maximum atomic E-state index is 14.7. The molecule has 4 aromatic rings. The molecule has 0 aromatic heterocycles. The fraction of sp³-hybridized carbons (Fsp3) is 0.0667. The van der Waals surface area contributed by atoms with Gasteiger partial charge in [-0.15, -0.1) is 0 Å². The van der Waals surface area contributed by atoms with Crippen LogP contribution < -0.4 is 9.47 Å². The van der Waals surface area contributed by atoms with Crippen LogP contribution in [-0.2, 0) is 6.11 Å². The van der Waals surface area contributed by atoms with Gasteiger partial charge in [-0.05, 0) is 72.3 Å². The van der Waals surface area contributed by atoms with Gasteiger partial charge in [0.1, 0.15) is 35.3 Å². The van der Waals surface area contributed by atoms with Crippen LogP contribution in [0.1, 0.15) is 16.7 Å². The zero-order valence-electron chi connectivity index (χ0n) is 19.9. The lowest BCUT2D eigenvalue weighted by Crippen LogP contribution is -2.23. The topological polar surface area (TPSA) is 18.5 Å². The van der Waals surface area contributed by atoms with Crippen LogP contribution in [0, 0.1) is 40.9 Å². The van der Waals surface area contributed by atoms with Crippen LogP contribution in [0.25, 0.3) is 11.1 Å². The van der Waals surface area contributed by atoms with E-state index in [4.69, 9.17) is 4.74 Å². The summed E-state index contributed by atoms with van der Waals surface area (Å²) in [5.74, 6) is -1.95. The Morgan fingerprint density at radius 2 is 1.31 bits per heavy atom. The van der Waals surface area contributed by atoms with Gasteiger partial charge in [-0.3, -0.25) is 0 Å². The Labute approximate surface area is 218 Å². The number of hydrogen-bond acceptors (Lipinski definition) is 2. The number of alkyl halides is 2. The molecule has 0 bridgehead atoms. The number of hydrogen-bond donors (Lipinski definition) is 0. The van der Waals surface area contributed by atoms with Crippen molar-refractivity contribution < 1.29 is 40.2 Å². The second-order valence-corrected chi connectivity index (χ2v) is 8.08. The lowest BCUT2D eigenvalue weighted by Gasteiger charge is -2.19. The second kappa shape index (κ2) is 11.4. The summed E-state index contributed by atoms with van der Waals surface area (Å²) in [5, 5.41) is 0. The fourth-order valence-corrected chi connectivity index (χ4v) is 3.47. The summed E-state index contributed by atoms with van der Waals surface area (Å²) in [5.41, 5.74) is -1.17. The van der Waals surface area contributed by atoms with E-state index in [1.54, 1.807) is 30.3 Å². The number of halogens is 7. The van der Waals surface area contributed by atoms with Gasteiger partial charge in [0.2, 0.25) is 0 Å². The van der Waals surface area contributed by atoms with E-state index in [0.717, 1.165) is 24.3 Å². The molecular formula is C30H17F7O2. The van der Waals surface area contributed by atoms with Gasteiger partial charge >= 0.3 is 6.11 Å². The molecule has 0 unspecified atom stereocenters. The molecule has 0 fully saturated rings. The van der Waals surface area contributed by atoms with E-state index < -0.39 is 52.1 Å². The summed E-state index contributed by atoms with van der Waals surface area (Å²) < 4.78 is 109. The van der Waals surface area contributed by atoms with Crippen molar-refractivity contribution in [1.29, 1.82) is 0 Å². The van der Waals surface area contributed by atoms with Gasteiger partial charge in [0.25, 0.3) is 0 Å². The standard InChI is InChI=1S/C30H17F7O2/c1-2-13-38-21-8-5-18(6-9-21)3-4-19-7-12-24(26(32)14-19)30(36,37)39-22-10-11-23(25(31)17-22)20-15-27(33)29(35)28(34)16-20/h2,5-12,14-17H,1,13H2. The molecule has 0 saturated carbocycles. The molecule has 0 aliphatic heterocycles. The first kappa shape index (κ1) is 27.3. The molecule has 4 aromatic carbocycles. The second-order valence-electron chi connectivity index (χ2n) is 8.08. The number of ether oxygens (including phenoxy) is 2. The third-order valence-electron chi connectivity index (χ3n) is 5.34. The first-order valence-electron chi connectivity index (χ1n) is 11.2. The largest absolute Gasteiger partial charge is 0.490 e. The first-order valence-corrected chi connectivity index (χ1v) is 11.2. The molecule has 198 valence electrons. The van der Waals surface area contributed by atoms with Gasteiger partial charge in [-0.2, -0.15) is 8.78 Å². The van der Waals surface area contributed by atoms with Crippen LogP contribution in [0.15, 0.2) is 85.5 Å². The summed E-state index contributed by atoms with van der Waals surface area (Å²) in [6.07, 6.45) is -2.61. The smallest absolute Gasteiger partial charge is 0.429 e. The van der Waals surface area contributed by atoms with E-state index in [1.165, 1.54) is 6.07 Å². The highest BCUT2D eigenvalue weighted by Crippen LogP contribution is 2.35. The zero-order valence-corrected chi connectivity index (χ0v) is 19.9. The molecule has 4 rings (SSSR count). The van der Waals surface area contributed by atoms with E-state index in [2.05, 4.69) is 23.2 Å². The third kappa shape index (κ3) is 6.41. The van der Waals surface area contributed by atoms with Crippen molar-refractivity contribution in [2.45, 2.75) is 6.11 Å². The Hall–Kier alpha value is -4.71. The minimum Gasteiger partial charge on any atom is -0.490 e. The fourth-order valence-electron chi connectivity index (χ4n) is 3.47. The normalized spacial score (nSPS) is 10.9. The van der Waals surface area contributed by atoms with Gasteiger partial charge in [-0.1, -0.05) is 24.5 Å². The van der Waals surface area contributed by atoms with Crippen LogP contribution in [0.2, 0.25) is 0 Å². The van der Waals surface area contributed by atoms with Crippen molar-refractivity contribution in [3.63, 3.8) is 0 Å². The number of rotatable bonds is 7.